The lowest BCUT2D eigenvalue weighted by Gasteiger charge is -2.22. The maximum atomic E-state index is 11.9. The maximum absolute atomic E-state index is 11.9. The molecule has 0 fully saturated rings. The van der Waals surface area contributed by atoms with Gasteiger partial charge in [0.25, 0.3) is 0 Å². The number of carbonyl (C=O) groups is 2. The number of unbranched alkanes of at least 4 members (excludes halogenated alkanes) is 1. The summed E-state index contributed by atoms with van der Waals surface area (Å²) in [7, 11) is 0. The lowest BCUT2D eigenvalue weighted by molar-refractivity contribution is -0.113. The lowest BCUT2D eigenvalue weighted by Crippen LogP contribution is -2.42. The number of thioether (sulfide) groups is 1. The molecule has 0 saturated heterocycles. The number of carbonyl (C=O) groups excluding carboxylic acids is 2. The van der Waals surface area contributed by atoms with Crippen LogP contribution in [0.5, 0.6) is 0 Å². The molecule has 0 aliphatic heterocycles. The normalized spacial score (nSPS) is 12.9. The first-order chi connectivity index (χ1) is 8.80. The van der Waals surface area contributed by atoms with E-state index in [2.05, 4.69) is 5.32 Å². The van der Waals surface area contributed by atoms with E-state index < -0.39 is 17.7 Å². The van der Waals surface area contributed by atoms with Gasteiger partial charge in [-0.3, -0.25) is 4.79 Å². The van der Waals surface area contributed by atoms with Gasteiger partial charge in [-0.1, -0.05) is 18.7 Å². The van der Waals surface area contributed by atoms with Crippen LogP contribution >= 0.6 is 11.8 Å². The van der Waals surface area contributed by atoms with Crippen molar-refractivity contribution in [2.75, 3.05) is 12.3 Å². The van der Waals surface area contributed by atoms with Crippen molar-refractivity contribution in [2.24, 2.45) is 5.73 Å². The Morgan fingerprint density at radius 2 is 1.95 bits per heavy atom. The summed E-state index contributed by atoms with van der Waals surface area (Å²) in [4.78, 5) is 23.6. The molecule has 112 valence electrons. The topological polar surface area (TPSA) is 81.4 Å². The minimum absolute atomic E-state index is 0.0228. The Morgan fingerprint density at radius 3 is 2.42 bits per heavy atom. The first-order valence-electron chi connectivity index (χ1n) is 6.66. The molecule has 1 atom stereocenters. The van der Waals surface area contributed by atoms with Gasteiger partial charge in [0.05, 0.1) is 0 Å². The Kier molecular flexibility index (Phi) is 8.84. The number of rotatable bonds is 7. The number of nitrogens with two attached hydrogens (primary N) is 1. The van der Waals surface area contributed by atoms with Gasteiger partial charge >= 0.3 is 6.09 Å². The highest BCUT2D eigenvalue weighted by molar-refractivity contribution is 8.13. The summed E-state index contributed by atoms with van der Waals surface area (Å²) in [5, 5.41) is 2.62. The highest BCUT2D eigenvalue weighted by atomic mass is 32.2. The van der Waals surface area contributed by atoms with Crippen molar-refractivity contribution in [1.82, 2.24) is 5.32 Å². The number of amides is 1. The molecule has 0 rings (SSSR count). The molecule has 6 heteroatoms. The number of alkyl carbamates (subject to hydrolysis) is 1. The number of hydrogen-bond donors (Lipinski definition) is 2. The summed E-state index contributed by atoms with van der Waals surface area (Å²) in [6, 6.07) is -0.494. The Morgan fingerprint density at radius 1 is 1.32 bits per heavy atom. The molecule has 0 radical (unpaired) electrons. The molecule has 5 nitrogen and oxygen atoms in total. The van der Waals surface area contributed by atoms with Crippen LogP contribution in [-0.4, -0.2) is 35.1 Å². The van der Waals surface area contributed by atoms with E-state index in [1.807, 2.05) is 6.92 Å². The molecule has 0 aromatic carbocycles. The molecule has 0 aliphatic carbocycles. The summed E-state index contributed by atoms with van der Waals surface area (Å²) in [6.07, 6.45) is 1.71. The highest BCUT2D eigenvalue weighted by Gasteiger charge is 2.23. The van der Waals surface area contributed by atoms with Crippen LogP contribution in [0, 0.1) is 0 Å². The van der Waals surface area contributed by atoms with Crippen LogP contribution in [0.2, 0.25) is 0 Å². The second-order valence-corrected chi connectivity index (χ2v) is 6.50. The Balaban J connectivity index is 4.39. The monoisotopic (exact) mass is 290 g/mol. The van der Waals surface area contributed by atoms with E-state index >= 15 is 0 Å². The molecule has 19 heavy (non-hydrogen) atoms. The minimum Gasteiger partial charge on any atom is -0.444 e. The minimum atomic E-state index is -0.563. The molecular weight excluding hydrogens is 264 g/mol. The van der Waals surface area contributed by atoms with E-state index in [0.717, 1.165) is 12.8 Å². The van der Waals surface area contributed by atoms with Gasteiger partial charge in [0.15, 0.2) is 0 Å². The third-order valence-corrected chi connectivity index (χ3v) is 3.07. The zero-order valence-corrected chi connectivity index (χ0v) is 13.1. The van der Waals surface area contributed by atoms with Gasteiger partial charge in [0.2, 0.25) is 5.12 Å². The van der Waals surface area contributed by atoms with Gasteiger partial charge in [-0.05, 0) is 52.3 Å². The van der Waals surface area contributed by atoms with Gasteiger partial charge in [-0.25, -0.2) is 4.79 Å². The third-order valence-electron chi connectivity index (χ3n) is 2.21. The predicted molar refractivity (Wildman–Crippen MR) is 79.2 cm³/mol. The summed E-state index contributed by atoms with van der Waals surface area (Å²) in [6.45, 7) is 7.87. The first-order valence-corrected chi connectivity index (χ1v) is 7.65. The molecule has 0 saturated carbocycles. The zero-order chi connectivity index (χ0) is 14.9. The third kappa shape index (κ3) is 9.78. The Labute approximate surface area is 120 Å². The van der Waals surface area contributed by atoms with Gasteiger partial charge in [0, 0.05) is 0 Å². The Bertz CT molecular complexity index is 290. The molecule has 3 N–H and O–H groups in total. The summed E-state index contributed by atoms with van der Waals surface area (Å²) in [5.74, 6) is 0.697. The number of ether oxygens (including phenoxy) is 1. The van der Waals surface area contributed by atoms with Gasteiger partial charge in [-0.15, -0.1) is 0 Å². The SMILES string of the molecule is CCSC(=O)[C@H](CCCCN)NC(=O)OC(C)(C)C. The van der Waals surface area contributed by atoms with Crippen LogP contribution in [0.1, 0.15) is 47.0 Å². The highest BCUT2D eigenvalue weighted by Crippen LogP contribution is 2.13. The standard InChI is InChI=1S/C13H26N2O3S/c1-5-19-11(16)10(8-6-7-9-14)15-12(17)18-13(2,3)4/h10H,5-9,14H2,1-4H3,(H,15,17)/t10-/m0/s1. The molecule has 0 aromatic heterocycles. The van der Waals surface area contributed by atoms with E-state index in [-0.39, 0.29) is 5.12 Å². The smallest absolute Gasteiger partial charge is 0.408 e. The summed E-state index contributed by atoms with van der Waals surface area (Å²) in [5.41, 5.74) is 4.87. The number of nitrogens with one attached hydrogen (secondary N) is 1. The molecule has 0 spiro atoms. The average Bonchev–Trinajstić information content (AvgIpc) is 2.25. The van der Waals surface area contributed by atoms with Gasteiger partial charge in [-0.2, -0.15) is 0 Å². The molecule has 0 unspecified atom stereocenters. The van der Waals surface area contributed by atoms with Crippen molar-refractivity contribution in [1.29, 1.82) is 0 Å². The molecule has 0 bridgehead atoms. The fourth-order valence-electron chi connectivity index (χ4n) is 1.43. The summed E-state index contributed by atoms with van der Waals surface area (Å²) >= 11 is 1.22. The molecule has 0 aliphatic rings. The van der Waals surface area contributed by atoms with Crippen molar-refractivity contribution in [3.8, 4) is 0 Å². The predicted octanol–water partition coefficient (Wildman–Crippen LogP) is 2.29. The van der Waals surface area contributed by atoms with E-state index in [0.29, 0.717) is 18.7 Å². The van der Waals surface area contributed by atoms with E-state index in [9.17, 15) is 9.59 Å². The van der Waals surface area contributed by atoms with E-state index in [1.54, 1.807) is 20.8 Å². The Hall–Kier alpha value is -0.750. The van der Waals surface area contributed by atoms with E-state index in [4.69, 9.17) is 10.5 Å². The molecule has 0 heterocycles. The molecule has 0 aromatic rings. The maximum Gasteiger partial charge on any atom is 0.408 e. The zero-order valence-electron chi connectivity index (χ0n) is 12.3. The summed E-state index contributed by atoms with van der Waals surface area (Å²) < 4.78 is 5.17. The van der Waals surface area contributed by atoms with Crippen molar-refractivity contribution in [3.05, 3.63) is 0 Å². The van der Waals surface area contributed by atoms with Crippen molar-refractivity contribution in [3.63, 3.8) is 0 Å². The van der Waals surface area contributed by atoms with Crippen molar-refractivity contribution < 1.29 is 14.3 Å². The van der Waals surface area contributed by atoms with Crippen molar-refractivity contribution >= 4 is 23.0 Å². The van der Waals surface area contributed by atoms with Crippen LogP contribution in [0.25, 0.3) is 0 Å². The fourth-order valence-corrected chi connectivity index (χ4v) is 2.10. The van der Waals surface area contributed by atoms with Crippen LogP contribution in [0.3, 0.4) is 0 Å². The van der Waals surface area contributed by atoms with Crippen LogP contribution in [0.4, 0.5) is 4.79 Å². The lowest BCUT2D eigenvalue weighted by atomic mass is 10.1. The first kappa shape index (κ1) is 18.2. The van der Waals surface area contributed by atoms with E-state index in [1.165, 1.54) is 11.8 Å². The fraction of sp³-hybridized carbons (Fsp3) is 0.846. The number of hydrogen-bond acceptors (Lipinski definition) is 5. The van der Waals surface area contributed by atoms with Crippen LogP contribution < -0.4 is 11.1 Å². The average molecular weight is 290 g/mol. The second kappa shape index (κ2) is 9.20. The van der Waals surface area contributed by atoms with Crippen LogP contribution in [-0.2, 0) is 9.53 Å². The van der Waals surface area contributed by atoms with Crippen molar-refractivity contribution in [2.45, 2.75) is 58.6 Å². The second-order valence-electron chi connectivity index (χ2n) is 5.24. The van der Waals surface area contributed by atoms with Gasteiger partial charge in [0.1, 0.15) is 11.6 Å². The largest absolute Gasteiger partial charge is 0.444 e. The van der Waals surface area contributed by atoms with Crippen LogP contribution in [0.15, 0.2) is 0 Å². The molecule has 1 amide bonds. The van der Waals surface area contributed by atoms with Gasteiger partial charge < -0.3 is 15.8 Å². The molecular formula is C13H26N2O3S. The quantitative estimate of drug-likeness (QED) is 0.703.